The molecule has 1 unspecified atom stereocenters. The number of hydrogen-bond acceptors (Lipinski definition) is 5. The molecule has 1 atom stereocenters. The Morgan fingerprint density at radius 3 is 2.54 bits per heavy atom. The molecule has 2 aromatic rings. The lowest BCUT2D eigenvalue weighted by atomic mass is 10.1. The number of halogens is 2. The molecule has 1 N–H and O–H groups in total. The van der Waals surface area contributed by atoms with Gasteiger partial charge in [-0.2, -0.15) is 8.78 Å². The molecule has 7 heteroatoms. The maximum absolute atomic E-state index is 12.5. The van der Waals surface area contributed by atoms with E-state index in [0.717, 1.165) is 22.6 Å². The zero-order valence-corrected chi connectivity index (χ0v) is 14.6. The van der Waals surface area contributed by atoms with Crippen LogP contribution in [0.25, 0.3) is 0 Å². The molecule has 0 aromatic heterocycles. The van der Waals surface area contributed by atoms with E-state index in [1.165, 1.54) is 7.11 Å². The Labute approximate surface area is 150 Å². The predicted octanol–water partition coefficient (Wildman–Crippen LogP) is 3.92. The van der Waals surface area contributed by atoms with Crippen molar-refractivity contribution >= 4 is 0 Å². The van der Waals surface area contributed by atoms with Crippen LogP contribution in [0.4, 0.5) is 8.78 Å². The number of nitrogens with one attached hydrogen (secondary N) is 1. The second-order valence-electron chi connectivity index (χ2n) is 5.87. The number of rotatable bonds is 7. The van der Waals surface area contributed by atoms with Gasteiger partial charge < -0.3 is 24.3 Å². The van der Waals surface area contributed by atoms with Gasteiger partial charge in [-0.15, -0.1) is 0 Å². The van der Waals surface area contributed by atoms with Gasteiger partial charge in [-0.05, 0) is 42.3 Å². The van der Waals surface area contributed by atoms with Crippen LogP contribution in [0.5, 0.6) is 23.0 Å². The van der Waals surface area contributed by atoms with Crippen molar-refractivity contribution in [1.82, 2.24) is 5.32 Å². The Hall–Kier alpha value is -2.54. The highest BCUT2D eigenvalue weighted by molar-refractivity contribution is 5.45. The van der Waals surface area contributed by atoms with Crippen LogP contribution in [0, 0.1) is 0 Å². The molecule has 0 bridgehead atoms. The Bertz CT molecular complexity index is 754. The average molecular weight is 365 g/mol. The van der Waals surface area contributed by atoms with Crippen molar-refractivity contribution in [3.05, 3.63) is 47.5 Å². The standard InChI is InChI=1S/C19H21F2NO4/c1-12(14-4-6-16-17(10-14)25-8-7-24-16)22-11-13-3-5-15(23-2)18(9-13)26-19(20)21/h3-6,9-10,12,19,22H,7-8,11H2,1-2H3. The van der Waals surface area contributed by atoms with Crippen LogP contribution >= 0.6 is 0 Å². The molecule has 0 aliphatic carbocycles. The first kappa shape index (κ1) is 18.3. The van der Waals surface area contributed by atoms with Crippen LogP contribution in [-0.2, 0) is 6.54 Å². The van der Waals surface area contributed by atoms with Gasteiger partial charge in [0.25, 0.3) is 0 Å². The van der Waals surface area contributed by atoms with Crippen molar-refractivity contribution in [2.45, 2.75) is 26.1 Å². The lowest BCUT2D eigenvalue weighted by Gasteiger charge is -2.21. The maximum atomic E-state index is 12.5. The molecule has 0 radical (unpaired) electrons. The normalized spacial score (nSPS) is 14.2. The van der Waals surface area contributed by atoms with E-state index in [0.29, 0.717) is 19.8 Å². The molecule has 26 heavy (non-hydrogen) atoms. The lowest BCUT2D eigenvalue weighted by molar-refractivity contribution is -0.0512. The number of benzene rings is 2. The predicted molar refractivity (Wildman–Crippen MR) is 92.3 cm³/mol. The minimum atomic E-state index is -2.90. The highest BCUT2D eigenvalue weighted by Gasteiger charge is 2.15. The summed E-state index contributed by atoms with van der Waals surface area (Å²) in [6, 6.07) is 10.8. The third-order valence-corrected chi connectivity index (χ3v) is 4.12. The summed E-state index contributed by atoms with van der Waals surface area (Å²) < 4.78 is 45.7. The van der Waals surface area contributed by atoms with Crippen LogP contribution in [0.1, 0.15) is 24.1 Å². The molecule has 0 amide bonds. The Morgan fingerprint density at radius 1 is 1.04 bits per heavy atom. The van der Waals surface area contributed by atoms with Gasteiger partial charge in [0, 0.05) is 12.6 Å². The van der Waals surface area contributed by atoms with Crippen LogP contribution < -0.4 is 24.3 Å². The van der Waals surface area contributed by atoms with E-state index in [2.05, 4.69) is 10.1 Å². The molecule has 0 saturated heterocycles. The van der Waals surface area contributed by atoms with E-state index < -0.39 is 6.61 Å². The second kappa shape index (κ2) is 8.23. The molecule has 5 nitrogen and oxygen atoms in total. The Balaban J connectivity index is 1.66. The van der Waals surface area contributed by atoms with Crippen LogP contribution in [0.2, 0.25) is 0 Å². The molecule has 140 valence electrons. The molecule has 0 fully saturated rings. The van der Waals surface area contributed by atoms with E-state index in [1.54, 1.807) is 18.2 Å². The fourth-order valence-electron chi connectivity index (χ4n) is 2.74. The van der Waals surface area contributed by atoms with Crippen molar-refractivity contribution in [3.8, 4) is 23.0 Å². The monoisotopic (exact) mass is 365 g/mol. The summed E-state index contributed by atoms with van der Waals surface area (Å²) in [6.07, 6.45) is 0. The minimum Gasteiger partial charge on any atom is -0.493 e. The molecule has 2 aromatic carbocycles. The minimum absolute atomic E-state index is 0.0220. The summed E-state index contributed by atoms with van der Waals surface area (Å²) >= 11 is 0. The molecule has 3 rings (SSSR count). The third-order valence-electron chi connectivity index (χ3n) is 4.12. The van der Waals surface area contributed by atoms with Gasteiger partial charge >= 0.3 is 6.61 Å². The Morgan fingerprint density at radius 2 is 1.81 bits per heavy atom. The number of methoxy groups -OCH3 is 1. The van der Waals surface area contributed by atoms with Gasteiger partial charge in [0.2, 0.25) is 0 Å². The van der Waals surface area contributed by atoms with Gasteiger partial charge in [-0.1, -0.05) is 12.1 Å². The first-order chi connectivity index (χ1) is 12.6. The topological polar surface area (TPSA) is 49.0 Å². The quantitative estimate of drug-likeness (QED) is 0.806. The Kier molecular flexibility index (Phi) is 5.78. The molecular weight excluding hydrogens is 344 g/mol. The van der Waals surface area contributed by atoms with E-state index in [4.69, 9.17) is 14.2 Å². The van der Waals surface area contributed by atoms with Crippen molar-refractivity contribution in [3.63, 3.8) is 0 Å². The largest absolute Gasteiger partial charge is 0.493 e. The maximum Gasteiger partial charge on any atom is 0.387 e. The molecule has 0 spiro atoms. The van der Waals surface area contributed by atoms with Crippen LogP contribution in [0.15, 0.2) is 36.4 Å². The third kappa shape index (κ3) is 4.35. The number of ether oxygens (including phenoxy) is 4. The van der Waals surface area contributed by atoms with Crippen molar-refractivity contribution < 1.29 is 27.7 Å². The van der Waals surface area contributed by atoms with Gasteiger partial charge in [0.05, 0.1) is 7.11 Å². The molecule has 1 aliphatic heterocycles. The summed E-state index contributed by atoms with van der Waals surface area (Å²) in [5, 5.41) is 3.36. The lowest BCUT2D eigenvalue weighted by Crippen LogP contribution is -2.19. The van der Waals surface area contributed by atoms with Crippen LogP contribution in [-0.4, -0.2) is 26.9 Å². The summed E-state index contributed by atoms with van der Waals surface area (Å²) in [4.78, 5) is 0. The van der Waals surface area contributed by atoms with Gasteiger partial charge in [0.15, 0.2) is 23.0 Å². The molecule has 1 heterocycles. The highest BCUT2D eigenvalue weighted by Crippen LogP contribution is 2.33. The molecule has 0 saturated carbocycles. The van der Waals surface area contributed by atoms with Gasteiger partial charge in [0.1, 0.15) is 13.2 Å². The smallest absolute Gasteiger partial charge is 0.387 e. The van der Waals surface area contributed by atoms with Gasteiger partial charge in [-0.25, -0.2) is 0 Å². The van der Waals surface area contributed by atoms with Crippen molar-refractivity contribution in [2.24, 2.45) is 0 Å². The summed E-state index contributed by atoms with van der Waals surface area (Å²) in [5.74, 6) is 1.78. The number of fused-ring (bicyclic) bond motifs is 1. The first-order valence-electron chi connectivity index (χ1n) is 8.31. The molecular formula is C19H21F2NO4. The summed E-state index contributed by atoms with van der Waals surface area (Å²) in [5.41, 5.74) is 1.86. The fourth-order valence-corrected chi connectivity index (χ4v) is 2.74. The molecule has 1 aliphatic rings. The van der Waals surface area contributed by atoms with Gasteiger partial charge in [-0.3, -0.25) is 0 Å². The number of alkyl halides is 2. The van der Waals surface area contributed by atoms with E-state index in [1.807, 2.05) is 25.1 Å². The SMILES string of the molecule is COc1ccc(CNC(C)c2ccc3c(c2)OCCO3)cc1OC(F)F. The summed E-state index contributed by atoms with van der Waals surface area (Å²) in [6.45, 7) is 0.700. The van der Waals surface area contributed by atoms with Crippen LogP contribution in [0.3, 0.4) is 0 Å². The van der Waals surface area contributed by atoms with E-state index in [9.17, 15) is 8.78 Å². The first-order valence-corrected chi connectivity index (χ1v) is 8.31. The number of hydrogen-bond donors (Lipinski definition) is 1. The highest BCUT2D eigenvalue weighted by atomic mass is 19.3. The second-order valence-corrected chi connectivity index (χ2v) is 5.87. The average Bonchev–Trinajstić information content (AvgIpc) is 2.65. The van der Waals surface area contributed by atoms with Crippen molar-refractivity contribution in [2.75, 3.05) is 20.3 Å². The van der Waals surface area contributed by atoms with E-state index >= 15 is 0 Å². The fraction of sp³-hybridized carbons (Fsp3) is 0.368. The van der Waals surface area contributed by atoms with E-state index in [-0.39, 0.29) is 17.5 Å². The van der Waals surface area contributed by atoms with Crippen molar-refractivity contribution in [1.29, 1.82) is 0 Å². The zero-order chi connectivity index (χ0) is 18.5. The summed E-state index contributed by atoms with van der Waals surface area (Å²) in [7, 11) is 1.41. The zero-order valence-electron chi connectivity index (χ0n) is 14.6.